The topological polar surface area (TPSA) is 71.1 Å². The van der Waals surface area contributed by atoms with Crippen LogP contribution < -0.4 is 9.47 Å². The number of ether oxygens (including phenoxy) is 4. The van der Waals surface area contributed by atoms with E-state index in [1.54, 1.807) is 18.2 Å². The lowest BCUT2D eigenvalue weighted by Gasteiger charge is -2.24. The minimum Gasteiger partial charge on any atom is -0.497 e. The Kier molecular flexibility index (Phi) is 3.93. The van der Waals surface area contributed by atoms with Crippen molar-refractivity contribution in [2.24, 2.45) is 0 Å². The van der Waals surface area contributed by atoms with Gasteiger partial charge in [-0.2, -0.15) is 0 Å². The molecule has 106 valence electrons. The number of fused-ring (bicyclic) bond motifs is 1. The zero-order chi connectivity index (χ0) is 14.7. The number of methoxy groups -OCH3 is 3. The van der Waals surface area contributed by atoms with Gasteiger partial charge < -0.3 is 18.9 Å². The van der Waals surface area contributed by atoms with Crippen LogP contribution in [-0.2, 0) is 19.1 Å². The first kappa shape index (κ1) is 13.9. The number of carbonyl (C=O) groups excluding carboxylic acids is 2. The molecule has 0 fully saturated rings. The van der Waals surface area contributed by atoms with Gasteiger partial charge in [0.2, 0.25) is 6.10 Å². The molecule has 1 unspecified atom stereocenters. The van der Waals surface area contributed by atoms with Gasteiger partial charge in [-0.05, 0) is 24.3 Å². The van der Waals surface area contributed by atoms with E-state index in [2.05, 4.69) is 9.47 Å². The molecule has 0 N–H and O–H groups in total. The molecule has 1 aliphatic rings. The summed E-state index contributed by atoms with van der Waals surface area (Å²) in [5.74, 6) is -0.227. The third kappa shape index (κ3) is 2.45. The third-order valence-corrected chi connectivity index (χ3v) is 2.89. The average molecular weight is 278 g/mol. The number of benzene rings is 1. The lowest BCUT2D eigenvalue weighted by atomic mass is 10.0. The highest BCUT2D eigenvalue weighted by Gasteiger charge is 2.35. The fourth-order valence-corrected chi connectivity index (χ4v) is 1.87. The molecule has 0 aromatic heterocycles. The van der Waals surface area contributed by atoms with Crippen LogP contribution in [0.4, 0.5) is 0 Å². The van der Waals surface area contributed by atoms with Crippen LogP contribution >= 0.6 is 0 Å². The Bertz CT molecular complexity index is 575. The van der Waals surface area contributed by atoms with Crippen molar-refractivity contribution in [2.75, 3.05) is 21.3 Å². The molecule has 0 aliphatic carbocycles. The van der Waals surface area contributed by atoms with E-state index < -0.39 is 18.0 Å². The van der Waals surface area contributed by atoms with Gasteiger partial charge in [-0.3, -0.25) is 0 Å². The lowest BCUT2D eigenvalue weighted by molar-refractivity contribution is -0.150. The van der Waals surface area contributed by atoms with Crippen molar-refractivity contribution >= 4 is 18.0 Å². The highest BCUT2D eigenvalue weighted by atomic mass is 16.6. The fraction of sp³-hybridized carbons (Fsp3) is 0.286. The Labute approximate surface area is 115 Å². The molecule has 0 saturated carbocycles. The second-order valence-electron chi connectivity index (χ2n) is 4.02. The van der Waals surface area contributed by atoms with Crippen molar-refractivity contribution in [1.29, 1.82) is 0 Å². The van der Waals surface area contributed by atoms with Gasteiger partial charge in [0.1, 0.15) is 11.5 Å². The summed E-state index contributed by atoms with van der Waals surface area (Å²) in [6.07, 6.45) is 0.405. The van der Waals surface area contributed by atoms with Crippen molar-refractivity contribution in [3.8, 4) is 11.5 Å². The summed E-state index contributed by atoms with van der Waals surface area (Å²) in [4.78, 5) is 23.5. The Morgan fingerprint density at radius 1 is 1.15 bits per heavy atom. The molecule has 6 heteroatoms. The monoisotopic (exact) mass is 278 g/mol. The molecule has 0 radical (unpaired) electrons. The predicted octanol–water partition coefficient (Wildman–Crippen LogP) is 1.19. The van der Waals surface area contributed by atoms with Crippen LogP contribution in [-0.4, -0.2) is 39.4 Å². The summed E-state index contributed by atoms with van der Waals surface area (Å²) in [7, 11) is 4.00. The summed E-state index contributed by atoms with van der Waals surface area (Å²) < 4.78 is 19.9. The van der Waals surface area contributed by atoms with Gasteiger partial charge in [0.05, 0.1) is 26.9 Å². The lowest BCUT2D eigenvalue weighted by Crippen LogP contribution is -2.36. The van der Waals surface area contributed by atoms with Gasteiger partial charge >= 0.3 is 11.9 Å². The van der Waals surface area contributed by atoms with Crippen LogP contribution in [0.2, 0.25) is 0 Å². The third-order valence-electron chi connectivity index (χ3n) is 2.89. The normalized spacial score (nSPS) is 16.4. The van der Waals surface area contributed by atoms with Crippen molar-refractivity contribution in [2.45, 2.75) is 6.10 Å². The highest BCUT2D eigenvalue weighted by Crippen LogP contribution is 2.33. The molecule has 1 aromatic carbocycles. The first-order valence-electron chi connectivity index (χ1n) is 5.83. The SMILES string of the molecule is COC(=O)C1=Cc2cc(OC)ccc2OC1C(=O)OC. The molecule has 20 heavy (non-hydrogen) atoms. The fourth-order valence-electron chi connectivity index (χ4n) is 1.87. The van der Waals surface area contributed by atoms with Gasteiger partial charge in [0.15, 0.2) is 0 Å². The second-order valence-corrected chi connectivity index (χ2v) is 4.02. The molecule has 0 spiro atoms. The van der Waals surface area contributed by atoms with Crippen LogP contribution in [0.5, 0.6) is 11.5 Å². The van der Waals surface area contributed by atoms with Crippen molar-refractivity contribution in [3.05, 3.63) is 29.3 Å². The van der Waals surface area contributed by atoms with E-state index in [9.17, 15) is 9.59 Å². The van der Waals surface area contributed by atoms with Crippen LogP contribution in [0.3, 0.4) is 0 Å². The highest BCUT2D eigenvalue weighted by molar-refractivity contribution is 6.02. The van der Waals surface area contributed by atoms with Gasteiger partial charge in [-0.25, -0.2) is 9.59 Å². The van der Waals surface area contributed by atoms with Gasteiger partial charge in [-0.1, -0.05) is 0 Å². The molecule has 1 atom stereocenters. The van der Waals surface area contributed by atoms with Gasteiger partial charge in [-0.15, -0.1) is 0 Å². The first-order chi connectivity index (χ1) is 9.60. The molecule has 0 bridgehead atoms. The Balaban J connectivity index is 2.48. The molecule has 2 rings (SSSR count). The predicted molar refractivity (Wildman–Crippen MR) is 69.4 cm³/mol. The molecule has 6 nitrogen and oxygen atoms in total. The Morgan fingerprint density at radius 3 is 2.50 bits per heavy atom. The van der Waals surface area contributed by atoms with Crippen molar-refractivity contribution in [1.82, 2.24) is 0 Å². The number of hydrogen-bond acceptors (Lipinski definition) is 6. The summed E-state index contributed by atoms with van der Waals surface area (Å²) in [6.45, 7) is 0. The van der Waals surface area contributed by atoms with E-state index in [0.717, 1.165) is 0 Å². The van der Waals surface area contributed by atoms with Crippen LogP contribution in [0.25, 0.3) is 6.08 Å². The second kappa shape index (κ2) is 5.64. The van der Waals surface area contributed by atoms with Crippen LogP contribution in [0.15, 0.2) is 23.8 Å². The van der Waals surface area contributed by atoms with Gasteiger partial charge in [0, 0.05) is 5.56 Å². The van der Waals surface area contributed by atoms with E-state index in [1.165, 1.54) is 27.4 Å². The summed E-state index contributed by atoms with van der Waals surface area (Å²) >= 11 is 0. The minimum atomic E-state index is -1.13. The van der Waals surface area contributed by atoms with Crippen molar-refractivity contribution < 1.29 is 28.5 Å². The van der Waals surface area contributed by atoms with Crippen LogP contribution in [0.1, 0.15) is 5.56 Å². The van der Waals surface area contributed by atoms with Gasteiger partial charge in [0.25, 0.3) is 0 Å². The Hall–Kier alpha value is -2.50. The van der Waals surface area contributed by atoms with Crippen molar-refractivity contribution in [3.63, 3.8) is 0 Å². The minimum absolute atomic E-state index is 0.0834. The standard InChI is InChI=1S/C14H14O6/c1-17-9-4-5-11-8(6-9)7-10(13(15)18-2)12(20-11)14(16)19-3/h4-7,12H,1-3H3. The largest absolute Gasteiger partial charge is 0.497 e. The molecular formula is C14H14O6. The number of hydrogen-bond donors (Lipinski definition) is 0. The summed E-state index contributed by atoms with van der Waals surface area (Å²) in [5, 5.41) is 0. The maximum absolute atomic E-state index is 11.8. The Morgan fingerprint density at radius 2 is 1.90 bits per heavy atom. The maximum Gasteiger partial charge on any atom is 0.352 e. The molecule has 0 amide bonds. The smallest absolute Gasteiger partial charge is 0.352 e. The average Bonchev–Trinajstić information content (AvgIpc) is 2.51. The quantitative estimate of drug-likeness (QED) is 0.773. The molecule has 1 aliphatic heterocycles. The van der Waals surface area contributed by atoms with E-state index >= 15 is 0 Å². The van der Waals surface area contributed by atoms with E-state index in [4.69, 9.17) is 9.47 Å². The van der Waals surface area contributed by atoms with E-state index in [0.29, 0.717) is 17.1 Å². The molecule has 0 saturated heterocycles. The number of rotatable bonds is 3. The zero-order valence-corrected chi connectivity index (χ0v) is 11.3. The number of carbonyl (C=O) groups is 2. The van der Waals surface area contributed by atoms with E-state index in [1.807, 2.05) is 0 Å². The molecule has 1 heterocycles. The van der Waals surface area contributed by atoms with E-state index in [-0.39, 0.29) is 5.57 Å². The summed E-state index contributed by atoms with van der Waals surface area (Å²) in [5.41, 5.74) is 0.713. The molecule has 1 aromatic rings. The maximum atomic E-state index is 11.8. The summed E-state index contributed by atoms with van der Waals surface area (Å²) in [6, 6.07) is 5.06. The first-order valence-corrected chi connectivity index (χ1v) is 5.83. The molecular weight excluding hydrogens is 264 g/mol. The van der Waals surface area contributed by atoms with Crippen LogP contribution in [0, 0.1) is 0 Å². The zero-order valence-electron chi connectivity index (χ0n) is 11.3. The number of esters is 2.